The summed E-state index contributed by atoms with van der Waals surface area (Å²) in [4.78, 5) is 2.15. The third kappa shape index (κ3) is 1.37. The van der Waals surface area contributed by atoms with Crippen LogP contribution in [0.25, 0.3) is 0 Å². The second-order valence-electron chi connectivity index (χ2n) is 3.58. The van der Waals surface area contributed by atoms with Gasteiger partial charge in [-0.05, 0) is 26.1 Å². The average Bonchev–Trinajstić information content (AvgIpc) is 2.79. The molecule has 1 heteroatoms. The quantitative estimate of drug-likeness (QED) is 0.643. The van der Waals surface area contributed by atoms with E-state index in [1.165, 1.54) is 5.56 Å². The average molecular weight is 162 g/mol. The van der Waals surface area contributed by atoms with Gasteiger partial charge in [0.25, 0.3) is 0 Å². The van der Waals surface area contributed by atoms with Crippen LogP contribution in [0.2, 0.25) is 0 Å². The van der Waals surface area contributed by atoms with Crippen molar-refractivity contribution >= 4 is 0 Å². The van der Waals surface area contributed by atoms with E-state index < -0.39 is 0 Å². The Hall–Kier alpha value is -0.820. The lowest BCUT2D eigenvalue weighted by molar-refractivity contribution is 0.391. The van der Waals surface area contributed by atoms with Gasteiger partial charge in [-0.15, -0.1) is 0 Å². The normalized spacial score (nSPS) is 34.9. The molecule has 1 aliphatic rings. The topological polar surface area (TPSA) is 3.24 Å². The molecular weight excluding hydrogens is 146 g/mol. The van der Waals surface area contributed by atoms with Gasteiger partial charge in [0.05, 0.1) is 0 Å². The molecule has 0 spiro atoms. The summed E-state index contributed by atoms with van der Waals surface area (Å²) in [5.41, 5.74) is 1.31. The van der Waals surface area contributed by atoms with E-state index in [9.17, 15) is 0 Å². The van der Waals surface area contributed by atoms with Gasteiger partial charge in [-0.3, -0.25) is 0 Å². The third-order valence-electron chi connectivity index (χ3n) is 2.41. The minimum Gasteiger partial charge on any atom is -0.306 e. The van der Waals surface area contributed by atoms with Gasteiger partial charge >= 0.3 is 0 Å². The molecule has 1 aliphatic carbocycles. The Morgan fingerprint density at radius 2 is 2.00 bits per heavy atom. The SMILES string of the molecule is [2H][C@@H]1[C@@H](c2ccccc2)[C@@H]1N(C)C. The molecule has 2 rings (SSSR count). The van der Waals surface area contributed by atoms with E-state index in [0.29, 0.717) is 12.0 Å². The van der Waals surface area contributed by atoms with Gasteiger partial charge in [-0.2, -0.15) is 0 Å². The van der Waals surface area contributed by atoms with Crippen LogP contribution < -0.4 is 0 Å². The standard InChI is InChI=1S/C11H15N/c1-12(2)11-8-10(11)9-6-4-3-5-7-9/h3-7,10-11H,8H2,1-2H3/t10-,11+/m0/s1/i8D/t8-,10+,11-/m1. The van der Waals surface area contributed by atoms with Crippen LogP contribution in [0.5, 0.6) is 0 Å². The zero-order chi connectivity index (χ0) is 9.42. The molecule has 0 aliphatic heterocycles. The van der Waals surface area contributed by atoms with Gasteiger partial charge in [0.2, 0.25) is 0 Å². The van der Waals surface area contributed by atoms with Gasteiger partial charge in [0.1, 0.15) is 0 Å². The maximum Gasteiger partial charge on any atom is 0.0290 e. The summed E-state index contributed by atoms with van der Waals surface area (Å²) >= 11 is 0. The highest BCUT2D eigenvalue weighted by Crippen LogP contribution is 2.43. The van der Waals surface area contributed by atoms with Gasteiger partial charge in [0.15, 0.2) is 0 Å². The fourth-order valence-corrected chi connectivity index (χ4v) is 1.63. The highest BCUT2D eigenvalue weighted by atomic mass is 15.1. The van der Waals surface area contributed by atoms with E-state index in [-0.39, 0.29) is 6.40 Å². The van der Waals surface area contributed by atoms with E-state index in [1.807, 2.05) is 18.2 Å². The molecule has 1 nitrogen and oxygen atoms in total. The number of likely N-dealkylation sites (N-methyl/N-ethyl adjacent to an activating group) is 1. The minimum absolute atomic E-state index is 0.0670. The first-order valence-corrected chi connectivity index (χ1v) is 4.35. The number of hydrogen-bond donors (Lipinski definition) is 0. The number of benzene rings is 1. The van der Waals surface area contributed by atoms with Crippen molar-refractivity contribution in [3.05, 3.63) is 35.9 Å². The molecule has 1 aromatic rings. The molecule has 1 saturated carbocycles. The minimum atomic E-state index is 0.0670. The molecule has 1 fully saturated rings. The lowest BCUT2D eigenvalue weighted by Gasteiger charge is -2.08. The molecule has 0 bridgehead atoms. The van der Waals surface area contributed by atoms with Gasteiger partial charge in [-0.25, -0.2) is 0 Å². The molecule has 0 radical (unpaired) electrons. The predicted molar refractivity (Wildman–Crippen MR) is 51.3 cm³/mol. The van der Waals surface area contributed by atoms with E-state index in [0.717, 1.165) is 0 Å². The van der Waals surface area contributed by atoms with E-state index >= 15 is 0 Å². The highest BCUT2D eigenvalue weighted by molar-refractivity contribution is 5.27. The van der Waals surface area contributed by atoms with Crippen LogP contribution in [-0.4, -0.2) is 25.0 Å². The van der Waals surface area contributed by atoms with Crippen LogP contribution in [0.15, 0.2) is 30.3 Å². The molecule has 64 valence electrons. The van der Waals surface area contributed by atoms with Crippen molar-refractivity contribution in [2.24, 2.45) is 0 Å². The third-order valence-corrected chi connectivity index (χ3v) is 2.41. The fraction of sp³-hybridized carbons (Fsp3) is 0.455. The van der Waals surface area contributed by atoms with Crippen molar-refractivity contribution in [1.29, 1.82) is 0 Å². The number of nitrogens with zero attached hydrogens (tertiary/aromatic N) is 1. The summed E-state index contributed by atoms with van der Waals surface area (Å²) in [6.07, 6.45) is 0.0670. The second-order valence-corrected chi connectivity index (χ2v) is 3.58. The summed E-state index contributed by atoms with van der Waals surface area (Å²) in [7, 11) is 4.10. The van der Waals surface area contributed by atoms with Crippen LogP contribution in [0.1, 0.15) is 19.2 Å². The molecular formula is C11H15N. The Labute approximate surface area is 75.4 Å². The first kappa shape index (κ1) is 6.67. The maximum absolute atomic E-state index is 7.84. The first-order valence-electron chi connectivity index (χ1n) is 4.93. The van der Waals surface area contributed by atoms with Crippen molar-refractivity contribution in [2.45, 2.75) is 18.4 Å². The monoisotopic (exact) mass is 162 g/mol. The highest BCUT2D eigenvalue weighted by Gasteiger charge is 2.39. The lowest BCUT2D eigenvalue weighted by atomic mass is 10.1. The molecule has 1 aromatic carbocycles. The van der Waals surface area contributed by atoms with E-state index in [4.69, 9.17) is 1.37 Å². The lowest BCUT2D eigenvalue weighted by Crippen LogP contribution is -2.15. The maximum atomic E-state index is 7.84. The van der Waals surface area contributed by atoms with Crippen molar-refractivity contribution in [2.75, 3.05) is 14.1 Å². The van der Waals surface area contributed by atoms with Gasteiger partial charge < -0.3 is 4.90 Å². The van der Waals surface area contributed by atoms with Crippen LogP contribution in [0.3, 0.4) is 0 Å². The molecule has 12 heavy (non-hydrogen) atoms. The summed E-state index contributed by atoms with van der Waals surface area (Å²) in [6.45, 7) is 0. The van der Waals surface area contributed by atoms with Crippen LogP contribution in [0.4, 0.5) is 0 Å². The first-order chi connectivity index (χ1) is 6.22. The fourth-order valence-electron chi connectivity index (χ4n) is 1.63. The molecule has 0 aromatic heterocycles. The Kier molecular flexibility index (Phi) is 1.62. The van der Waals surface area contributed by atoms with Crippen molar-refractivity contribution in [1.82, 2.24) is 4.90 Å². The summed E-state index contributed by atoms with van der Waals surface area (Å²) in [5.74, 6) is 0.427. The molecule has 0 heterocycles. The molecule has 0 saturated heterocycles. The summed E-state index contributed by atoms with van der Waals surface area (Å²) in [6, 6.07) is 10.8. The van der Waals surface area contributed by atoms with Crippen molar-refractivity contribution in [3.63, 3.8) is 0 Å². The van der Waals surface area contributed by atoms with Gasteiger partial charge in [0, 0.05) is 13.3 Å². The Balaban J connectivity index is 2.14. The Morgan fingerprint density at radius 3 is 2.50 bits per heavy atom. The molecule has 0 amide bonds. The largest absolute Gasteiger partial charge is 0.306 e. The zero-order valence-electron chi connectivity index (χ0n) is 8.57. The van der Waals surface area contributed by atoms with E-state index in [2.05, 4.69) is 31.1 Å². The summed E-state index contributed by atoms with van der Waals surface area (Å²) in [5, 5.41) is 0. The van der Waals surface area contributed by atoms with Crippen molar-refractivity contribution < 1.29 is 1.37 Å². The summed E-state index contributed by atoms with van der Waals surface area (Å²) < 4.78 is 7.84. The Bertz CT molecular complexity index is 283. The molecule has 0 unspecified atom stereocenters. The number of rotatable bonds is 2. The van der Waals surface area contributed by atoms with Crippen LogP contribution >= 0.6 is 0 Å². The second kappa shape index (κ2) is 2.91. The van der Waals surface area contributed by atoms with E-state index in [1.54, 1.807) is 0 Å². The van der Waals surface area contributed by atoms with Gasteiger partial charge in [-0.1, -0.05) is 30.3 Å². The molecule has 3 atom stereocenters. The smallest absolute Gasteiger partial charge is 0.0290 e. The number of hydrogen-bond acceptors (Lipinski definition) is 1. The van der Waals surface area contributed by atoms with Crippen LogP contribution in [-0.2, 0) is 0 Å². The predicted octanol–water partition coefficient (Wildman–Crippen LogP) is 2.10. The zero-order valence-corrected chi connectivity index (χ0v) is 7.57. The van der Waals surface area contributed by atoms with Crippen molar-refractivity contribution in [3.8, 4) is 0 Å². The van der Waals surface area contributed by atoms with Crippen LogP contribution in [0, 0.1) is 0 Å². The molecule has 0 N–H and O–H groups in total. The Morgan fingerprint density at radius 1 is 1.33 bits per heavy atom.